The molecule has 1 N–H and O–H groups in total. The molecule has 25 heavy (non-hydrogen) atoms. The standard InChI is InChI=1S/C19H24N2O4/c1-15(22)21-12-9-16(10-13-21)19(23)20-11-5-6-14-25-18-8-4-3-7-17(18)24-2/h3-4,7-8,16H,9-14H2,1-2H3,(H,20,23). The Balaban J connectivity index is 1.67. The molecule has 134 valence electrons. The molecule has 1 aromatic rings. The summed E-state index contributed by atoms with van der Waals surface area (Å²) in [6.45, 7) is 3.37. The maximum absolute atomic E-state index is 12.1. The quantitative estimate of drug-likeness (QED) is 0.821. The molecule has 0 saturated carbocycles. The van der Waals surface area contributed by atoms with Gasteiger partial charge in [0.25, 0.3) is 0 Å². The van der Waals surface area contributed by atoms with Gasteiger partial charge in [-0.15, -0.1) is 0 Å². The van der Waals surface area contributed by atoms with E-state index < -0.39 is 0 Å². The number of ether oxygens (including phenoxy) is 2. The second-order valence-corrected chi connectivity index (χ2v) is 5.79. The Morgan fingerprint density at radius 2 is 1.88 bits per heavy atom. The summed E-state index contributed by atoms with van der Waals surface area (Å²) in [5, 5.41) is 2.82. The molecule has 1 aliphatic heterocycles. The molecule has 0 radical (unpaired) electrons. The van der Waals surface area contributed by atoms with Gasteiger partial charge >= 0.3 is 0 Å². The fourth-order valence-corrected chi connectivity index (χ4v) is 2.70. The van der Waals surface area contributed by atoms with Crippen LogP contribution in [0.15, 0.2) is 24.3 Å². The van der Waals surface area contributed by atoms with Crippen LogP contribution in [-0.2, 0) is 9.59 Å². The highest BCUT2D eigenvalue weighted by Crippen LogP contribution is 2.25. The number of rotatable bonds is 5. The number of hydrogen-bond acceptors (Lipinski definition) is 4. The van der Waals surface area contributed by atoms with Gasteiger partial charge in [0.05, 0.1) is 13.7 Å². The molecule has 0 aliphatic carbocycles. The summed E-state index contributed by atoms with van der Waals surface area (Å²) < 4.78 is 10.7. The van der Waals surface area contributed by atoms with Crippen LogP contribution in [0.2, 0.25) is 0 Å². The molecule has 0 bridgehead atoms. The molecule has 1 aromatic carbocycles. The average Bonchev–Trinajstić information content (AvgIpc) is 2.64. The maximum atomic E-state index is 12.1. The zero-order valence-corrected chi connectivity index (χ0v) is 14.7. The molecule has 0 spiro atoms. The van der Waals surface area contributed by atoms with Crippen LogP contribution >= 0.6 is 0 Å². The van der Waals surface area contributed by atoms with Crippen molar-refractivity contribution in [1.29, 1.82) is 0 Å². The van der Waals surface area contributed by atoms with Crippen LogP contribution in [0.4, 0.5) is 0 Å². The Bertz CT molecular complexity index is 655. The van der Waals surface area contributed by atoms with E-state index in [4.69, 9.17) is 9.47 Å². The number of carbonyl (C=O) groups is 2. The minimum absolute atomic E-state index is 0.00292. The van der Waals surface area contributed by atoms with Gasteiger partial charge < -0.3 is 19.7 Å². The molecule has 1 heterocycles. The smallest absolute Gasteiger partial charge is 0.223 e. The van der Waals surface area contributed by atoms with E-state index in [1.54, 1.807) is 18.9 Å². The number of nitrogens with one attached hydrogen (secondary N) is 1. The highest BCUT2D eigenvalue weighted by molar-refractivity contribution is 5.79. The number of para-hydroxylation sites is 2. The van der Waals surface area contributed by atoms with Crippen molar-refractivity contribution in [3.63, 3.8) is 0 Å². The van der Waals surface area contributed by atoms with Crippen LogP contribution in [0.1, 0.15) is 19.8 Å². The zero-order chi connectivity index (χ0) is 18.1. The summed E-state index contributed by atoms with van der Waals surface area (Å²) in [5.74, 6) is 7.08. The van der Waals surface area contributed by atoms with Gasteiger partial charge in [-0.05, 0) is 25.0 Å². The van der Waals surface area contributed by atoms with Crippen LogP contribution in [0, 0.1) is 17.8 Å². The van der Waals surface area contributed by atoms with E-state index in [0.717, 1.165) is 0 Å². The second-order valence-electron chi connectivity index (χ2n) is 5.79. The third-order valence-corrected chi connectivity index (χ3v) is 4.16. The van der Waals surface area contributed by atoms with E-state index in [1.807, 2.05) is 24.3 Å². The fraction of sp³-hybridized carbons (Fsp3) is 0.474. The van der Waals surface area contributed by atoms with Crippen LogP contribution in [0.5, 0.6) is 11.5 Å². The molecule has 6 nitrogen and oxygen atoms in total. The van der Waals surface area contributed by atoms with E-state index in [0.29, 0.717) is 44.0 Å². The average molecular weight is 344 g/mol. The molecule has 1 fully saturated rings. The number of nitrogens with zero attached hydrogens (tertiary/aromatic N) is 1. The number of piperidine rings is 1. The molecular weight excluding hydrogens is 320 g/mol. The van der Waals surface area contributed by atoms with E-state index in [-0.39, 0.29) is 24.3 Å². The number of hydrogen-bond donors (Lipinski definition) is 1. The number of benzene rings is 1. The SMILES string of the molecule is COc1ccccc1OCC#CCNC(=O)C1CCN(C(C)=O)CC1. The van der Waals surface area contributed by atoms with Gasteiger partial charge in [0.2, 0.25) is 11.8 Å². The van der Waals surface area contributed by atoms with Crippen molar-refractivity contribution in [2.75, 3.05) is 33.4 Å². The third-order valence-electron chi connectivity index (χ3n) is 4.16. The third kappa shape index (κ3) is 5.71. The number of methoxy groups -OCH3 is 1. The Morgan fingerprint density at radius 1 is 1.20 bits per heavy atom. The number of likely N-dealkylation sites (tertiary alicyclic amines) is 1. The summed E-state index contributed by atoms with van der Waals surface area (Å²) >= 11 is 0. The van der Waals surface area contributed by atoms with Gasteiger partial charge in [0, 0.05) is 25.9 Å². The first-order chi connectivity index (χ1) is 12.1. The van der Waals surface area contributed by atoms with E-state index in [1.165, 1.54) is 0 Å². The summed E-state index contributed by atoms with van der Waals surface area (Å²) in [6, 6.07) is 7.37. The Labute approximate surface area is 148 Å². The normalized spacial score (nSPS) is 14.2. The van der Waals surface area contributed by atoms with Crippen molar-refractivity contribution < 1.29 is 19.1 Å². The lowest BCUT2D eigenvalue weighted by Crippen LogP contribution is -2.42. The Morgan fingerprint density at radius 3 is 2.52 bits per heavy atom. The van der Waals surface area contributed by atoms with Gasteiger partial charge in [-0.2, -0.15) is 0 Å². The lowest BCUT2D eigenvalue weighted by molar-refractivity contribution is -0.133. The summed E-state index contributed by atoms with van der Waals surface area (Å²) in [5.41, 5.74) is 0. The van der Waals surface area contributed by atoms with Crippen LogP contribution in [0.3, 0.4) is 0 Å². The van der Waals surface area contributed by atoms with Crippen LogP contribution in [-0.4, -0.2) is 50.1 Å². The van der Waals surface area contributed by atoms with E-state index in [9.17, 15) is 9.59 Å². The molecule has 0 atom stereocenters. The number of amides is 2. The molecule has 6 heteroatoms. The minimum Gasteiger partial charge on any atom is -0.493 e. The Hall–Kier alpha value is -2.68. The molecule has 0 aromatic heterocycles. The van der Waals surface area contributed by atoms with Crippen LogP contribution < -0.4 is 14.8 Å². The predicted molar refractivity (Wildman–Crippen MR) is 94.3 cm³/mol. The molecular formula is C19H24N2O4. The lowest BCUT2D eigenvalue weighted by Gasteiger charge is -2.30. The van der Waals surface area contributed by atoms with Gasteiger partial charge in [-0.1, -0.05) is 24.0 Å². The first-order valence-electron chi connectivity index (χ1n) is 8.36. The first kappa shape index (κ1) is 18.7. The van der Waals surface area contributed by atoms with Crippen molar-refractivity contribution in [3.05, 3.63) is 24.3 Å². The maximum Gasteiger partial charge on any atom is 0.223 e. The summed E-state index contributed by atoms with van der Waals surface area (Å²) in [7, 11) is 1.59. The molecule has 2 amide bonds. The predicted octanol–water partition coefficient (Wildman–Crippen LogP) is 1.45. The van der Waals surface area contributed by atoms with Gasteiger partial charge in [-0.3, -0.25) is 9.59 Å². The second kappa shape index (κ2) is 9.58. The summed E-state index contributed by atoms with van der Waals surface area (Å²) in [4.78, 5) is 25.1. The molecule has 0 unspecified atom stereocenters. The highest BCUT2D eigenvalue weighted by atomic mass is 16.5. The lowest BCUT2D eigenvalue weighted by atomic mass is 9.96. The van der Waals surface area contributed by atoms with Crippen molar-refractivity contribution >= 4 is 11.8 Å². The highest BCUT2D eigenvalue weighted by Gasteiger charge is 2.25. The topological polar surface area (TPSA) is 67.9 Å². The van der Waals surface area contributed by atoms with Gasteiger partial charge in [0.1, 0.15) is 6.61 Å². The van der Waals surface area contributed by atoms with Gasteiger partial charge in [-0.25, -0.2) is 0 Å². The van der Waals surface area contributed by atoms with Crippen molar-refractivity contribution in [1.82, 2.24) is 10.2 Å². The largest absolute Gasteiger partial charge is 0.493 e. The fourth-order valence-electron chi connectivity index (χ4n) is 2.70. The molecule has 2 rings (SSSR count). The summed E-state index contributed by atoms with van der Waals surface area (Å²) in [6.07, 6.45) is 1.41. The van der Waals surface area contributed by atoms with Gasteiger partial charge in [0.15, 0.2) is 11.5 Å². The molecule has 1 saturated heterocycles. The van der Waals surface area contributed by atoms with Crippen LogP contribution in [0.25, 0.3) is 0 Å². The Kier molecular flexibility index (Phi) is 7.15. The monoisotopic (exact) mass is 344 g/mol. The van der Waals surface area contributed by atoms with Crippen molar-refractivity contribution in [2.45, 2.75) is 19.8 Å². The zero-order valence-electron chi connectivity index (χ0n) is 14.7. The van der Waals surface area contributed by atoms with Crippen molar-refractivity contribution in [2.24, 2.45) is 5.92 Å². The van der Waals surface area contributed by atoms with E-state index >= 15 is 0 Å². The van der Waals surface area contributed by atoms with E-state index in [2.05, 4.69) is 17.2 Å². The van der Waals surface area contributed by atoms with Crippen molar-refractivity contribution in [3.8, 4) is 23.3 Å². The first-order valence-corrected chi connectivity index (χ1v) is 8.36. The number of carbonyl (C=O) groups excluding carboxylic acids is 2. The molecule has 1 aliphatic rings. The minimum atomic E-state index is -0.0396.